The third kappa shape index (κ3) is 2.42. The van der Waals surface area contributed by atoms with Crippen molar-refractivity contribution in [1.82, 2.24) is 14.7 Å². The third-order valence-electron chi connectivity index (χ3n) is 2.45. The third-order valence-corrected chi connectivity index (χ3v) is 2.92. The van der Waals surface area contributed by atoms with E-state index in [9.17, 15) is 0 Å². The van der Waals surface area contributed by atoms with Crippen LogP contribution in [0, 0.1) is 0 Å². The minimum Gasteiger partial charge on any atom is -0.395 e. The van der Waals surface area contributed by atoms with Gasteiger partial charge in [0.15, 0.2) is 0 Å². The van der Waals surface area contributed by atoms with E-state index in [1.807, 2.05) is 35.9 Å². The van der Waals surface area contributed by atoms with Gasteiger partial charge in [0.1, 0.15) is 5.65 Å². The van der Waals surface area contributed by atoms with Crippen LogP contribution in [-0.4, -0.2) is 27.1 Å². The standard InChI is InChI=1S/C11H14BrN3O/c1-8(7-16)13-4-10-5-14-11-3-2-9(12)6-15(10)11/h2-3,5-6,8,13,16H,4,7H2,1H3. The average molecular weight is 284 g/mol. The van der Waals surface area contributed by atoms with E-state index in [1.54, 1.807) is 0 Å². The number of aromatic nitrogens is 2. The summed E-state index contributed by atoms with van der Waals surface area (Å²) in [4.78, 5) is 4.30. The molecule has 2 N–H and O–H groups in total. The van der Waals surface area contributed by atoms with Gasteiger partial charge in [-0.25, -0.2) is 4.98 Å². The summed E-state index contributed by atoms with van der Waals surface area (Å²) in [5, 5.41) is 12.1. The van der Waals surface area contributed by atoms with Crippen molar-refractivity contribution >= 4 is 21.6 Å². The number of hydrogen-bond donors (Lipinski definition) is 2. The molecule has 0 fully saturated rings. The molecule has 5 heteroatoms. The summed E-state index contributed by atoms with van der Waals surface area (Å²) in [6.07, 6.45) is 3.84. The second-order valence-corrected chi connectivity index (χ2v) is 4.71. The molecule has 0 saturated carbocycles. The predicted molar refractivity (Wildman–Crippen MR) is 66.3 cm³/mol. The van der Waals surface area contributed by atoms with E-state index >= 15 is 0 Å². The molecule has 86 valence electrons. The van der Waals surface area contributed by atoms with Crippen molar-refractivity contribution in [2.24, 2.45) is 0 Å². The number of hydrogen-bond acceptors (Lipinski definition) is 3. The van der Waals surface area contributed by atoms with Crippen molar-refractivity contribution in [2.45, 2.75) is 19.5 Å². The molecule has 2 aromatic rings. The molecule has 1 atom stereocenters. The molecular weight excluding hydrogens is 270 g/mol. The van der Waals surface area contributed by atoms with Crippen molar-refractivity contribution in [2.75, 3.05) is 6.61 Å². The van der Waals surface area contributed by atoms with Gasteiger partial charge in [0.05, 0.1) is 18.5 Å². The topological polar surface area (TPSA) is 49.6 Å². The Bertz CT molecular complexity index is 483. The van der Waals surface area contributed by atoms with Gasteiger partial charge in [-0.05, 0) is 35.0 Å². The lowest BCUT2D eigenvalue weighted by atomic mass is 10.3. The minimum absolute atomic E-state index is 0.0951. The fourth-order valence-corrected chi connectivity index (χ4v) is 1.82. The van der Waals surface area contributed by atoms with Crippen molar-refractivity contribution in [1.29, 1.82) is 0 Å². The maximum atomic E-state index is 8.93. The van der Waals surface area contributed by atoms with Gasteiger partial charge in [-0.2, -0.15) is 0 Å². The van der Waals surface area contributed by atoms with Crippen LogP contribution in [0.4, 0.5) is 0 Å². The van der Waals surface area contributed by atoms with Crippen molar-refractivity contribution in [3.05, 3.63) is 34.7 Å². The highest BCUT2D eigenvalue weighted by Crippen LogP contribution is 2.13. The Morgan fingerprint density at radius 2 is 2.38 bits per heavy atom. The van der Waals surface area contributed by atoms with E-state index in [1.165, 1.54) is 0 Å². The second kappa shape index (κ2) is 4.95. The molecule has 2 aromatic heterocycles. The number of nitrogens with one attached hydrogen (secondary N) is 1. The molecular formula is C11H14BrN3O. The predicted octanol–water partition coefficient (Wildman–Crippen LogP) is 1.57. The summed E-state index contributed by atoms with van der Waals surface area (Å²) in [6.45, 7) is 2.78. The van der Waals surface area contributed by atoms with Gasteiger partial charge in [0, 0.05) is 23.3 Å². The zero-order valence-electron chi connectivity index (χ0n) is 9.02. The van der Waals surface area contributed by atoms with Gasteiger partial charge < -0.3 is 14.8 Å². The van der Waals surface area contributed by atoms with Gasteiger partial charge >= 0.3 is 0 Å². The number of nitrogens with zero attached hydrogens (tertiary/aromatic N) is 2. The molecule has 0 bridgehead atoms. The van der Waals surface area contributed by atoms with Crippen LogP contribution in [0.15, 0.2) is 29.0 Å². The molecule has 0 amide bonds. The molecule has 0 saturated heterocycles. The van der Waals surface area contributed by atoms with Gasteiger partial charge in [-0.1, -0.05) is 0 Å². The lowest BCUT2D eigenvalue weighted by Crippen LogP contribution is -2.29. The second-order valence-electron chi connectivity index (χ2n) is 3.79. The van der Waals surface area contributed by atoms with Crippen LogP contribution in [0.5, 0.6) is 0 Å². The lowest BCUT2D eigenvalue weighted by molar-refractivity contribution is 0.250. The quantitative estimate of drug-likeness (QED) is 0.896. The fourth-order valence-electron chi connectivity index (χ4n) is 1.48. The monoisotopic (exact) mass is 283 g/mol. The molecule has 0 radical (unpaired) electrons. The van der Waals surface area contributed by atoms with E-state index in [0.717, 1.165) is 15.8 Å². The maximum Gasteiger partial charge on any atom is 0.136 e. The Kier molecular flexibility index (Phi) is 3.58. The van der Waals surface area contributed by atoms with E-state index < -0.39 is 0 Å². The molecule has 2 heterocycles. The van der Waals surface area contributed by atoms with Crippen LogP contribution in [0.2, 0.25) is 0 Å². The van der Waals surface area contributed by atoms with Crippen molar-refractivity contribution in [3.8, 4) is 0 Å². The SMILES string of the molecule is CC(CO)NCc1cnc2ccc(Br)cn12. The van der Waals surface area contributed by atoms with Crippen LogP contribution < -0.4 is 5.32 Å². The summed E-state index contributed by atoms with van der Waals surface area (Å²) in [7, 11) is 0. The smallest absolute Gasteiger partial charge is 0.136 e. The van der Waals surface area contributed by atoms with Gasteiger partial charge in [0.25, 0.3) is 0 Å². The first kappa shape index (κ1) is 11.6. The number of rotatable bonds is 4. The van der Waals surface area contributed by atoms with Crippen LogP contribution >= 0.6 is 15.9 Å². The first-order valence-corrected chi connectivity index (χ1v) is 5.95. The van der Waals surface area contributed by atoms with E-state index in [0.29, 0.717) is 6.54 Å². The zero-order chi connectivity index (χ0) is 11.5. The number of aliphatic hydroxyl groups excluding tert-OH is 1. The molecule has 4 nitrogen and oxygen atoms in total. The molecule has 1 unspecified atom stereocenters. The fraction of sp³-hybridized carbons (Fsp3) is 0.364. The number of halogens is 1. The van der Waals surface area contributed by atoms with Gasteiger partial charge in [0.2, 0.25) is 0 Å². The number of imidazole rings is 1. The maximum absolute atomic E-state index is 8.93. The minimum atomic E-state index is 0.0951. The van der Waals surface area contributed by atoms with Gasteiger partial charge in [-0.3, -0.25) is 0 Å². The van der Waals surface area contributed by atoms with Crippen LogP contribution in [0.25, 0.3) is 5.65 Å². The number of fused-ring (bicyclic) bond motifs is 1. The normalized spacial score (nSPS) is 13.2. The van der Waals surface area contributed by atoms with Crippen LogP contribution in [0.3, 0.4) is 0 Å². The Morgan fingerprint density at radius 1 is 1.56 bits per heavy atom. The highest BCUT2D eigenvalue weighted by atomic mass is 79.9. The number of aliphatic hydroxyl groups is 1. The summed E-state index contributed by atoms with van der Waals surface area (Å²) >= 11 is 3.44. The van der Waals surface area contributed by atoms with E-state index in [-0.39, 0.29) is 12.6 Å². The Morgan fingerprint density at radius 3 is 3.12 bits per heavy atom. The molecule has 2 rings (SSSR count). The largest absolute Gasteiger partial charge is 0.395 e. The van der Waals surface area contributed by atoms with E-state index in [2.05, 4.69) is 26.2 Å². The number of pyridine rings is 1. The molecule has 16 heavy (non-hydrogen) atoms. The summed E-state index contributed by atoms with van der Waals surface area (Å²) in [6, 6.07) is 4.02. The molecule has 0 aliphatic rings. The Labute approximate surface area is 102 Å². The van der Waals surface area contributed by atoms with Gasteiger partial charge in [-0.15, -0.1) is 0 Å². The first-order chi connectivity index (χ1) is 7.70. The zero-order valence-corrected chi connectivity index (χ0v) is 10.6. The van der Waals surface area contributed by atoms with Crippen molar-refractivity contribution < 1.29 is 5.11 Å². The molecule has 0 aromatic carbocycles. The summed E-state index contributed by atoms with van der Waals surface area (Å²) in [5.41, 5.74) is 2.01. The summed E-state index contributed by atoms with van der Waals surface area (Å²) < 4.78 is 3.05. The van der Waals surface area contributed by atoms with Crippen LogP contribution in [-0.2, 0) is 6.54 Å². The van der Waals surface area contributed by atoms with Crippen LogP contribution in [0.1, 0.15) is 12.6 Å². The summed E-state index contributed by atoms with van der Waals surface area (Å²) in [5.74, 6) is 0. The lowest BCUT2D eigenvalue weighted by Gasteiger charge is -2.10. The Hall–Kier alpha value is -0.910. The highest BCUT2D eigenvalue weighted by molar-refractivity contribution is 9.10. The average Bonchev–Trinajstić information content (AvgIpc) is 2.68. The Balaban J connectivity index is 2.21. The molecule has 0 aliphatic heterocycles. The molecule has 0 spiro atoms. The first-order valence-electron chi connectivity index (χ1n) is 5.16. The van der Waals surface area contributed by atoms with Crippen molar-refractivity contribution in [3.63, 3.8) is 0 Å². The highest BCUT2D eigenvalue weighted by Gasteiger charge is 2.05. The molecule has 0 aliphatic carbocycles. The van der Waals surface area contributed by atoms with E-state index in [4.69, 9.17) is 5.11 Å².